The van der Waals surface area contributed by atoms with Crippen LogP contribution in [-0.4, -0.2) is 30.3 Å². The van der Waals surface area contributed by atoms with Crippen LogP contribution in [0.1, 0.15) is 58.8 Å². The van der Waals surface area contributed by atoms with Gasteiger partial charge in [0.25, 0.3) is 0 Å². The number of nitrogens with zero attached hydrogens (tertiary/aromatic N) is 2. The van der Waals surface area contributed by atoms with E-state index in [1.807, 2.05) is 0 Å². The first-order valence-corrected chi connectivity index (χ1v) is 10.8. The van der Waals surface area contributed by atoms with Crippen LogP contribution in [0.15, 0.2) is 4.34 Å². The van der Waals surface area contributed by atoms with Gasteiger partial charge in [0.2, 0.25) is 25.2 Å². The molecule has 0 saturated heterocycles. The number of anilines is 1. The number of amides is 1. The highest BCUT2D eigenvalue weighted by atomic mass is 32.2. The molecule has 1 aromatic heterocycles. The van der Waals surface area contributed by atoms with Gasteiger partial charge in [-0.05, 0) is 31.6 Å². The molecule has 0 spiro atoms. The lowest BCUT2D eigenvalue weighted by Crippen LogP contribution is -2.27. The predicted octanol–water partition coefficient (Wildman–Crippen LogP) is 3.27. The number of aromatic nitrogens is 2. The first kappa shape index (κ1) is 18.3. The molecule has 1 N–H and O–H groups in total. The van der Waals surface area contributed by atoms with Crippen molar-refractivity contribution in [2.75, 3.05) is 11.1 Å². The first-order chi connectivity index (χ1) is 11.0. The van der Waals surface area contributed by atoms with Gasteiger partial charge in [-0.15, -0.1) is 10.2 Å². The minimum absolute atomic E-state index is 0.00279. The monoisotopic (exact) mass is 359 g/mol. The summed E-state index contributed by atoms with van der Waals surface area (Å²) in [6.45, 7) is 3.76. The van der Waals surface area contributed by atoms with Crippen molar-refractivity contribution < 1.29 is 13.2 Å². The Morgan fingerprint density at radius 3 is 2.52 bits per heavy atom. The summed E-state index contributed by atoms with van der Waals surface area (Å²) >= 11 is 0.926. The van der Waals surface area contributed by atoms with Gasteiger partial charge in [-0.25, -0.2) is 8.42 Å². The molecule has 1 fully saturated rings. The molecule has 6 nitrogen and oxygen atoms in total. The second-order valence-corrected chi connectivity index (χ2v) is 9.56. The SMILES string of the molecule is CCCCC1CCC(C(=O)Nc2nnc(S(=O)(=O)CC)s2)CC1. The molecule has 1 aliphatic carbocycles. The third-order valence-corrected chi connectivity index (χ3v) is 7.49. The molecule has 0 aliphatic heterocycles. The summed E-state index contributed by atoms with van der Waals surface area (Å²) in [4.78, 5) is 12.3. The number of sulfone groups is 1. The molecule has 1 amide bonds. The molecular weight excluding hydrogens is 334 g/mol. The molecule has 1 heterocycles. The largest absolute Gasteiger partial charge is 0.300 e. The van der Waals surface area contributed by atoms with Crippen molar-refractivity contribution >= 4 is 32.2 Å². The normalized spacial score (nSPS) is 22.0. The second-order valence-electron chi connectivity index (χ2n) is 6.13. The van der Waals surface area contributed by atoms with Crippen LogP contribution in [0.25, 0.3) is 0 Å². The Hall–Kier alpha value is -1.02. The molecule has 0 bridgehead atoms. The van der Waals surface area contributed by atoms with Crippen molar-refractivity contribution in [1.29, 1.82) is 0 Å². The molecule has 23 heavy (non-hydrogen) atoms. The average Bonchev–Trinajstić information content (AvgIpc) is 3.02. The van der Waals surface area contributed by atoms with Gasteiger partial charge in [-0.1, -0.05) is 44.4 Å². The van der Waals surface area contributed by atoms with Gasteiger partial charge in [0.1, 0.15) is 0 Å². The third kappa shape index (κ3) is 4.97. The van der Waals surface area contributed by atoms with Crippen LogP contribution in [-0.2, 0) is 14.6 Å². The molecule has 1 aromatic rings. The van der Waals surface area contributed by atoms with Crippen molar-refractivity contribution in [2.45, 2.75) is 63.1 Å². The maximum absolute atomic E-state index is 12.3. The average molecular weight is 360 g/mol. The summed E-state index contributed by atoms with van der Waals surface area (Å²) in [5.74, 6) is 0.678. The van der Waals surface area contributed by atoms with Crippen molar-refractivity contribution in [1.82, 2.24) is 10.2 Å². The zero-order chi connectivity index (χ0) is 16.9. The zero-order valence-electron chi connectivity index (χ0n) is 13.7. The van der Waals surface area contributed by atoms with Crippen LogP contribution in [0.4, 0.5) is 5.13 Å². The Balaban J connectivity index is 1.86. The van der Waals surface area contributed by atoms with Gasteiger partial charge >= 0.3 is 0 Å². The van der Waals surface area contributed by atoms with Crippen LogP contribution >= 0.6 is 11.3 Å². The standard InChI is InChI=1S/C15H25N3O3S2/c1-3-5-6-11-7-9-12(10-8-11)13(19)16-14-17-18-15(22-14)23(20,21)4-2/h11-12H,3-10H2,1-2H3,(H,16,17,19). The van der Waals surface area contributed by atoms with Crippen LogP contribution in [0.2, 0.25) is 0 Å². The molecule has 2 rings (SSSR count). The molecule has 0 atom stereocenters. The van der Waals surface area contributed by atoms with Crippen molar-refractivity contribution in [3.05, 3.63) is 0 Å². The number of nitrogens with one attached hydrogen (secondary N) is 1. The first-order valence-electron chi connectivity index (χ1n) is 8.33. The summed E-state index contributed by atoms with van der Waals surface area (Å²) in [5, 5.41) is 10.4. The Morgan fingerprint density at radius 2 is 1.91 bits per heavy atom. The van der Waals surface area contributed by atoms with Crippen molar-refractivity contribution in [3.63, 3.8) is 0 Å². The number of rotatable bonds is 7. The fourth-order valence-corrected chi connectivity index (χ4v) is 4.91. The van der Waals surface area contributed by atoms with Crippen LogP contribution in [0.5, 0.6) is 0 Å². The smallest absolute Gasteiger partial charge is 0.234 e. The highest BCUT2D eigenvalue weighted by Gasteiger charge is 2.27. The molecule has 8 heteroatoms. The van der Waals surface area contributed by atoms with Gasteiger partial charge in [0.05, 0.1) is 5.75 Å². The minimum Gasteiger partial charge on any atom is -0.300 e. The van der Waals surface area contributed by atoms with Crippen molar-refractivity contribution in [2.24, 2.45) is 11.8 Å². The summed E-state index contributed by atoms with van der Waals surface area (Å²) in [6, 6.07) is 0. The van der Waals surface area contributed by atoms with Crippen LogP contribution < -0.4 is 5.32 Å². The lowest BCUT2D eigenvalue weighted by Gasteiger charge is -2.27. The summed E-state index contributed by atoms with van der Waals surface area (Å²) in [7, 11) is -3.36. The van der Waals surface area contributed by atoms with E-state index in [-0.39, 0.29) is 27.0 Å². The molecule has 1 saturated carbocycles. The Morgan fingerprint density at radius 1 is 1.22 bits per heavy atom. The van der Waals surface area contributed by atoms with Gasteiger partial charge in [-0.2, -0.15) is 0 Å². The fourth-order valence-electron chi connectivity index (χ4n) is 2.92. The second kappa shape index (κ2) is 8.19. The van der Waals surface area contributed by atoms with E-state index in [1.165, 1.54) is 19.3 Å². The third-order valence-electron chi connectivity index (χ3n) is 4.47. The highest BCUT2D eigenvalue weighted by Crippen LogP contribution is 2.33. The van der Waals surface area contributed by atoms with E-state index in [0.29, 0.717) is 0 Å². The summed E-state index contributed by atoms with van der Waals surface area (Å²) in [6.07, 6.45) is 7.76. The molecule has 1 aliphatic rings. The van der Waals surface area contributed by atoms with E-state index in [0.717, 1.165) is 42.9 Å². The van der Waals surface area contributed by atoms with E-state index in [1.54, 1.807) is 6.92 Å². The molecular formula is C15H25N3O3S2. The Bertz CT molecular complexity index is 620. The minimum atomic E-state index is -3.36. The van der Waals surface area contributed by atoms with Crippen LogP contribution in [0.3, 0.4) is 0 Å². The topological polar surface area (TPSA) is 89.0 Å². The molecule has 0 aromatic carbocycles. The van der Waals surface area contributed by atoms with E-state index < -0.39 is 9.84 Å². The number of carbonyl (C=O) groups is 1. The van der Waals surface area contributed by atoms with E-state index >= 15 is 0 Å². The fraction of sp³-hybridized carbons (Fsp3) is 0.800. The Labute approximate surface area is 142 Å². The zero-order valence-corrected chi connectivity index (χ0v) is 15.4. The summed E-state index contributed by atoms with van der Waals surface area (Å²) < 4.78 is 23.4. The maximum atomic E-state index is 12.3. The van der Waals surface area contributed by atoms with Gasteiger partial charge in [0, 0.05) is 5.92 Å². The number of hydrogen-bond donors (Lipinski definition) is 1. The highest BCUT2D eigenvalue weighted by molar-refractivity contribution is 7.93. The number of hydrogen-bond acceptors (Lipinski definition) is 6. The van der Waals surface area contributed by atoms with Crippen molar-refractivity contribution in [3.8, 4) is 0 Å². The lowest BCUT2D eigenvalue weighted by atomic mass is 9.79. The maximum Gasteiger partial charge on any atom is 0.234 e. The van der Waals surface area contributed by atoms with Gasteiger partial charge in [0.15, 0.2) is 0 Å². The molecule has 0 radical (unpaired) electrons. The molecule has 0 unspecified atom stereocenters. The van der Waals surface area contributed by atoms with Gasteiger partial charge < -0.3 is 5.32 Å². The predicted molar refractivity (Wildman–Crippen MR) is 91.2 cm³/mol. The number of unbranched alkanes of at least 4 members (excludes halogenated alkanes) is 1. The van der Waals surface area contributed by atoms with E-state index in [9.17, 15) is 13.2 Å². The van der Waals surface area contributed by atoms with Crippen LogP contribution in [0, 0.1) is 11.8 Å². The summed E-state index contributed by atoms with van der Waals surface area (Å²) in [5.41, 5.74) is 0. The quantitative estimate of drug-likeness (QED) is 0.755. The van der Waals surface area contributed by atoms with Gasteiger partial charge in [-0.3, -0.25) is 4.79 Å². The number of carbonyl (C=O) groups excluding carboxylic acids is 1. The van der Waals surface area contributed by atoms with E-state index in [2.05, 4.69) is 22.4 Å². The van der Waals surface area contributed by atoms with E-state index in [4.69, 9.17) is 0 Å². The Kier molecular flexibility index (Phi) is 6.52. The molecule has 130 valence electrons. The lowest BCUT2D eigenvalue weighted by molar-refractivity contribution is -0.121.